The normalized spacial score (nSPS) is 21.6. The summed E-state index contributed by atoms with van der Waals surface area (Å²) in [4.78, 5) is 18.9. The standard InChI is InChI=1S/C18H21NOS2/c20-18(17-12-13-6-2-1-3-8-15(13)22-17)19-10-4-7-14(19)16-9-5-11-21-16/h5,9,11-12,14H,1-4,6-8,10H2/t14-/m0/s1. The Bertz CT molecular complexity index is 635. The molecule has 2 aromatic heterocycles. The molecule has 0 radical (unpaired) electrons. The van der Waals surface area contributed by atoms with Gasteiger partial charge in [-0.25, -0.2) is 0 Å². The van der Waals surface area contributed by atoms with Crippen molar-refractivity contribution in [3.05, 3.63) is 43.8 Å². The second kappa shape index (κ2) is 6.17. The number of hydrogen-bond acceptors (Lipinski definition) is 3. The van der Waals surface area contributed by atoms with Crippen LogP contribution in [0, 0.1) is 0 Å². The summed E-state index contributed by atoms with van der Waals surface area (Å²) in [5.74, 6) is 0.258. The van der Waals surface area contributed by atoms with Crippen LogP contribution in [-0.2, 0) is 12.8 Å². The first-order valence-electron chi connectivity index (χ1n) is 8.29. The van der Waals surface area contributed by atoms with Gasteiger partial charge in [-0.1, -0.05) is 12.5 Å². The molecular formula is C18H21NOS2. The third-order valence-electron chi connectivity index (χ3n) is 4.84. The van der Waals surface area contributed by atoms with E-state index in [0.29, 0.717) is 6.04 Å². The highest BCUT2D eigenvalue weighted by Gasteiger charge is 2.32. The van der Waals surface area contributed by atoms with Crippen molar-refractivity contribution in [2.24, 2.45) is 0 Å². The molecule has 0 spiro atoms. The molecule has 1 aliphatic carbocycles. The zero-order valence-corrected chi connectivity index (χ0v) is 14.3. The van der Waals surface area contributed by atoms with E-state index in [0.717, 1.165) is 30.7 Å². The van der Waals surface area contributed by atoms with Crippen LogP contribution < -0.4 is 0 Å². The molecule has 1 fully saturated rings. The monoisotopic (exact) mass is 331 g/mol. The lowest BCUT2D eigenvalue weighted by Gasteiger charge is -2.23. The molecule has 0 unspecified atom stereocenters. The zero-order valence-electron chi connectivity index (χ0n) is 12.7. The van der Waals surface area contributed by atoms with Crippen molar-refractivity contribution >= 4 is 28.6 Å². The largest absolute Gasteiger partial charge is 0.330 e. The van der Waals surface area contributed by atoms with Gasteiger partial charge in [-0.3, -0.25) is 4.79 Å². The number of carbonyl (C=O) groups is 1. The van der Waals surface area contributed by atoms with Gasteiger partial charge >= 0.3 is 0 Å². The lowest BCUT2D eigenvalue weighted by atomic mass is 10.1. The summed E-state index contributed by atoms with van der Waals surface area (Å²) in [5, 5.41) is 2.11. The second-order valence-corrected chi connectivity index (χ2v) is 8.41. The van der Waals surface area contributed by atoms with Crippen LogP contribution in [0.4, 0.5) is 0 Å². The third-order valence-corrected chi connectivity index (χ3v) is 7.04. The van der Waals surface area contributed by atoms with Crippen LogP contribution in [0.5, 0.6) is 0 Å². The molecule has 1 amide bonds. The van der Waals surface area contributed by atoms with Crippen LogP contribution >= 0.6 is 22.7 Å². The van der Waals surface area contributed by atoms with Crippen molar-refractivity contribution in [3.63, 3.8) is 0 Å². The molecule has 0 bridgehead atoms. The van der Waals surface area contributed by atoms with E-state index in [9.17, 15) is 4.79 Å². The Labute approximate surface area is 139 Å². The number of likely N-dealkylation sites (tertiary alicyclic amines) is 1. The minimum absolute atomic E-state index is 0.258. The fourth-order valence-electron chi connectivity index (χ4n) is 3.70. The highest BCUT2D eigenvalue weighted by Crippen LogP contribution is 2.37. The second-order valence-electron chi connectivity index (χ2n) is 6.29. The smallest absolute Gasteiger partial charge is 0.264 e. The van der Waals surface area contributed by atoms with Crippen molar-refractivity contribution in [2.75, 3.05) is 6.54 Å². The van der Waals surface area contributed by atoms with E-state index in [4.69, 9.17) is 0 Å². The van der Waals surface area contributed by atoms with E-state index in [1.165, 1.54) is 41.0 Å². The molecule has 0 saturated carbocycles. The molecule has 2 aliphatic rings. The number of carbonyl (C=O) groups excluding carboxylic acids is 1. The van der Waals surface area contributed by atoms with Gasteiger partial charge in [-0.2, -0.15) is 0 Å². The molecule has 0 N–H and O–H groups in total. The Balaban J connectivity index is 1.58. The Morgan fingerprint density at radius 2 is 2.09 bits per heavy atom. The van der Waals surface area contributed by atoms with Gasteiger partial charge in [0, 0.05) is 16.3 Å². The third kappa shape index (κ3) is 2.63. The number of nitrogens with zero attached hydrogens (tertiary/aromatic N) is 1. The molecule has 1 atom stereocenters. The van der Waals surface area contributed by atoms with Gasteiger partial charge in [0.15, 0.2) is 0 Å². The van der Waals surface area contributed by atoms with Gasteiger partial charge < -0.3 is 4.90 Å². The fraction of sp³-hybridized carbons (Fsp3) is 0.500. The maximum Gasteiger partial charge on any atom is 0.264 e. The van der Waals surface area contributed by atoms with Crippen molar-refractivity contribution in [1.82, 2.24) is 4.90 Å². The van der Waals surface area contributed by atoms with E-state index in [2.05, 4.69) is 28.5 Å². The Hall–Kier alpha value is -1.13. The summed E-state index contributed by atoms with van der Waals surface area (Å²) in [6.07, 6.45) is 8.45. The summed E-state index contributed by atoms with van der Waals surface area (Å²) < 4.78 is 0. The molecule has 2 nitrogen and oxygen atoms in total. The summed E-state index contributed by atoms with van der Waals surface area (Å²) in [6.45, 7) is 0.907. The van der Waals surface area contributed by atoms with Gasteiger partial charge in [-0.05, 0) is 61.6 Å². The topological polar surface area (TPSA) is 20.3 Å². The van der Waals surface area contributed by atoms with Crippen LogP contribution in [0.1, 0.15) is 63.1 Å². The first-order valence-corrected chi connectivity index (χ1v) is 9.98. The Morgan fingerprint density at radius 3 is 2.95 bits per heavy atom. The molecule has 0 aromatic carbocycles. The van der Waals surface area contributed by atoms with Gasteiger partial charge in [0.1, 0.15) is 0 Å². The SMILES string of the molecule is O=C(c1cc2c(s1)CCCCC2)N1CCC[C@H]1c1cccs1. The Kier molecular flexibility index (Phi) is 4.05. The first kappa shape index (κ1) is 14.5. The predicted octanol–water partition coefficient (Wildman–Crippen LogP) is 5.06. The minimum Gasteiger partial charge on any atom is -0.330 e. The molecule has 4 heteroatoms. The number of hydrogen-bond donors (Lipinski definition) is 0. The molecule has 4 rings (SSSR count). The molecular weight excluding hydrogens is 310 g/mol. The lowest BCUT2D eigenvalue weighted by Crippen LogP contribution is -2.29. The van der Waals surface area contributed by atoms with Gasteiger partial charge in [0.2, 0.25) is 0 Å². The zero-order chi connectivity index (χ0) is 14.9. The minimum atomic E-state index is 0.258. The quantitative estimate of drug-likeness (QED) is 0.705. The van der Waals surface area contributed by atoms with E-state index < -0.39 is 0 Å². The molecule has 1 aliphatic heterocycles. The van der Waals surface area contributed by atoms with Gasteiger partial charge in [0.25, 0.3) is 5.91 Å². The number of rotatable bonds is 2. The van der Waals surface area contributed by atoms with Crippen LogP contribution in [0.2, 0.25) is 0 Å². The summed E-state index contributed by atoms with van der Waals surface area (Å²) in [7, 11) is 0. The average molecular weight is 332 g/mol. The number of amides is 1. The van der Waals surface area contributed by atoms with Crippen LogP contribution in [-0.4, -0.2) is 17.4 Å². The molecule has 22 heavy (non-hydrogen) atoms. The van der Waals surface area contributed by atoms with Crippen molar-refractivity contribution in [3.8, 4) is 0 Å². The number of thiophene rings is 2. The highest BCUT2D eigenvalue weighted by molar-refractivity contribution is 7.14. The van der Waals surface area contributed by atoms with Gasteiger partial charge in [-0.15, -0.1) is 22.7 Å². The summed E-state index contributed by atoms with van der Waals surface area (Å²) in [5.41, 5.74) is 1.44. The maximum atomic E-state index is 13.0. The average Bonchev–Trinajstić information content (AvgIpc) is 3.24. The predicted molar refractivity (Wildman–Crippen MR) is 92.9 cm³/mol. The molecule has 1 saturated heterocycles. The van der Waals surface area contributed by atoms with Crippen molar-refractivity contribution < 1.29 is 4.79 Å². The van der Waals surface area contributed by atoms with Crippen LogP contribution in [0.3, 0.4) is 0 Å². The number of aryl methyl sites for hydroxylation is 2. The summed E-state index contributed by atoms with van der Waals surface area (Å²) >= 11 is 3.53. The Morgan fingerprint density at radius 1 is 1.18 bits per heavy atom. The van der Waals surface area contributed by atoms with Crippen LogP contribution in [0.25, 0.3) is 0 Å². The summed E-state index contributed by atoms with van der Waals surface area (Å²) in [6, 6.07) is 6.76. The van der Waals surface area contributed by atoms with E-state index >= 15 is 0 Å². The van der Waals surface area contributed by atoms with Crippen molar-refractivity contribution in [2.45, 2.75) is 51.0 Å². The van der Waals surface area contributed by atoms with E-state index in [-0.39, 0.29) is 5.91 Å². The molecule has 116 valence electrons. The number of fused-ring (bicyclic) bond motifs is 1. The van der Waals surface area contributed by atoms with E-state index in [1.807, 2.05) is 0 Å². The van der Waals surface area contributed by atoms with E-state index in [1.54, 1.807) is 22.7 Å². The lowest BCUT2D eigenvalue weighted by molar-refractivity contribution is 0.0742. The maximum absolute atomic E-state index is 13.0. The van der Waals surface area contributed by atoms with Gasteiger partial charge in [0.05, 0.1) is 10.9 Å². The first-order chi connectivity index (χ1) is 10.8. The van der Waals surface area contributed by atoms with Crippen LogP contribution in [0.15, 0.2) is 23.6 Å². The molecule has 2 aromatic rings. The van der Waals surface area contributed by atoms with Crippen molar-refractivity contribution in [1.29, 1.82) is 0 Å². The molecule has 3 heterocycles. The fourth-order valence-corrected chi connectivity index (χ4v) is 5.78. The highest BCUT2D eigenvalue weighted by atomic mass is 32.1.